The number of likely N-dealkylation sites (tertiary alicyclic amines) is 1. The number of carbonyl (C=O) groups is 2. The average Bonchev–Trinajstić information content (AvgIpc) is 3.29. The van der Waals surface area contributed by atoms with E-state index in [1.54, 1.807) is 29.2 Å². The van der Waals surface area contributed by atoms with Crippen LogP contribution in [0, 0.1) is 5.92 Å². The highest BCUT2D eigenvalue weighted by Gasteiger charge is 2.36. The minimum Gasteiger partial charge on any atom is -0.467 e. The predicted molar refractivity (Wildman–Crippen MR) is 96.0 cm³/mol. The van der Waals surface area contributed by atoms with Gasteiger partial charge in [0.05, 0.1) is 25.3 Å². The summed E-state index contributed by atoms with van der Waals surface area (Å²) in [5.74, 6) is 0.400. The average molecular weight is 356 g/mol. The quantitative estimate of drug-likeness (QED) is 0.728. The van der Waals surface area contributed by atoms with Crippen LogP contribution >= 0.6 is 0 Å². The first-order valence-electron chi connectivity index (χ1n) is 8.79. The summed E-state index contributed by atoms with van der Waals surface area (Å²) < 4.78 is 10.5. The van der Waals surface area contributed by atoms with Crippen LogP contribution in [0.2, 0.25) is 0 Å². The Hall–Kier alpha value is -2.60. The summed E-state index contributed by atoms with van der Waals surface area (Å²) in [6.45, 7) is 2.33. The Bertz CT molecular complexity index is 715. The first-order chi connectivity index (χ1) is 12.7. The van der Waals surface area contributed by atoms with Crippen molar-refractivity contribution in [2.24, 2.45) is 5.92 Å². The lowest BCUT2D eigenvalue weighted by Gasteiger charge is -2.25. The molecular formula is C20H24N2O4. The molecule has 2 aromatic rings. The van der Waals surface area contributed by atoms with Crippen LogP contribution in [0.4, 0.5) is 0 Å². The fourth-order valence-electron chi connectivity index (χ4n) is 3.21. The van der Waals surface area contributed by atoms with E-state index in [2.05, 4.69) is 0 Å². The van der Waals surface area contributed by atoms with E-state index in [1.165, 1.54) is 0 Å². The van der Waals surface area contributed by atoms with Gasteiger partial charge in [0, 0.05) is 33.2 Å². The molecule has 1 aromatic heterocycles. The van der Waals surface area contributed by atoms with Gasteiger partial charge in [-0.15, -0.1) is 0 Å². The van der Waals surface area contributed by atoms with Gasteiger partial charge in [-0.3, -0.25) is 9.59 Å². The lowest BCUT2D eigenvalue weighted by Crippen LogP contribution is -2.39. The summed E-state index contributed by atoms with van der Waals surface area (Å²) in [7, 11) is 1.62. The van der Waals surface area contributed by atoms with Crippen LogP contribution in [0.3, 0.4) is 0 Å². The molecule has 0 saturated carbocycles. The van der Waals surface area contributed by atoms with Gasteiger partial charge in [0.2, 0.25) is 11.8 Å². The number of ether oxygens (including phenoxy) is 1. The van der Waals surface area contributed by atoms with Crippen molar-refractivity contribution in [3.05, 3.63) is 60.1 Å². The smallest absolute Gasteiger partial charge is 0.228 e. The third kappa shape index (κ3) is 4.52. The van der Waals surface area contributed by atoms with Crippen LogP contribution in [0.5, 0.6) is 0 Å². The summed E-state index contributed by atoms with van der Waals surface area (Å²) in [5, 5.41) is 0. The Morgan fingerprint density at radius 2 is 2.08 bits per heavy atom. The van der Waals surface area contributed by atoms with E-state index >= 15 is 0 Å². The molecule has 1 unspecified atom stereocenters. The molecule has 1 atom stereocenters. The maximum absolute atomic E-state index is 13.0. The summed E-state index contributed by atoms with van der Waals surface area (Å²) in [6, 6.07) is 13.5. The molecule has 2 amide bonds. The normalized spacial score (nSPS) is 16.9. The zero-order valence-electron chi connectivity index (χ0n) is 15.0. The number of carbonyl (C=O) groups excluding carboxylic acids is 2. The number of rotatable bonds is 8. The zero-order valence-corrected chi connectivity index (χ0v) is 15.0. The molecule has 6 nitrogen and oxygen atoms in total. The number of benzene rings is 1. The summed E-state index contributed by atoms with van der Waals surface area (Å²) in [5.41, 5.74) is 1.06. The standard InChI is InChI=1S/C20H24N2O4/c1-25-11-9-21(13-16-6-3-2-4-7-16)20(24)17-12-19(23)22(14-17)15-18-8-5-10-26-18/h2-8,10,17H,9,11-15H2,1H3. The second-order valence-corrected chi connectivity index (χ2v) is 6.49. The lowest BCUT2D eigenvalue weighted by atomic mass is 10.1. The van der Waals surface area contributed by atoms with E-state index in [0.717, 1.165) is 11.3 Å². The van der Waals surface area contributed by atoms with Crippen molar-refractivity contribution in [1.29, 1.82) is 0 Å². The fourth-order valence-corrected chi connectivity index (χ4v) is 3.21. The first-order valence-corrected chi connectivity index (χ1v) is 8.79. The maximum atomic E-state index is 13.0. The van der Waals surface area contributed by atoms with Crippen molar-refractivity contribution in [2.75, 3.05) is 26.8 Å². The number of methoxy groups -OCH3 is 1. The predicted octanol–water partition coefficient (Wildman–Crippen LogP) is 2.30. The van der Waals surface area contributed by atoms with Gasteiger partial charge < -0.3 is 19.0 Å². The van der Waals surface area contributed by atoms with Crippen molar-refractivity contribution in [1.82, 2.24) is 9.80 Å². The van der Waals surface area contributed by atoms with Crippen molar-refractivity contribution in [2.45, 2.75) is 19.5 Å². The third-order valence-corrected chi connectivity index (χ3v) is 4.58. The number of furan rings is 1. The van der Waals surface area contributed by atoms with Crippen LogP contribution in [-0.4, -0.2) is 48.4 Å². The Morgan fingerprint density at radius 1 is 1.27 bits per heavy atom. The van der Waals surface area contributed by atoms with Gasteiger partial charge in [-0.1, -0.05) is 30.3 Å². The summed E-state index contributed by atoms with van der Waals surface area (Å²) >= 11 is 0. The molecule has 0 spiro atoms. The zero-order chi connectivity index (χ0) is 18.4. The molecule has 138 valence electrons. The monoisotopic (exact) mass is 356 g/mol. The molecule has 3 rings (SSSR count). The molecule has 0 radical (unpaired) electrons. The van der Waals surface area contributed by atoms with E-state index in [0.29, 0.717) is 32.8 Å². The number of hydrogen-bond donors (Lipinski definition) is 0. The third-order valence-electron chi connectivity index (χ3n) is 4.58. The second kappa shape index (κ2) is 8.67. The van der Waals surface area contributed by atoms with Crippen molar-refractivity contribution < 1.29 is 18.7 Å². The highest BCUT2D eigenvalue weighted by molar-refractivity contribution is 5.89. The van der Waals surface area contributed by atoms with Gasteiger partial charge in [0.25, 0.3) is 0 Å². The Labute approximate surface area is 153 Å². The highest BCUT2D eigenvalue weighted by Crippen LogP contribution is 2.23. The molecule has 0 bridgehead atoms. The van der Waals surface area contributed by atoms with Crippen LogP contribution in [0.25, 0.3) is 0 Å². The number of hydrogen-bond acceptors (Lipinski definition) is 4. The van der Waals surface area contributed by atoms with E-state index < -0.39 is 0 Å². The molecule has 2 heterocycles. The lowest BCUT2D eigenvalue weighted by molar-refractivity contribution is -0.137. The Balaban J connectivity index is 1.65. The number of amides is 2. The highest BCUT2D eigenvalue weighted by atomic mass is 16.5. The summed E-state index contributed by atoms with van der Waals surface area (Å²) in [4.78, 5) is 28.8. The van der Waals surface area contributed by atoms with E-state index in [-0.39, 0.29) is 24.2 Å². The largest absolute Gasteiger partial charge is 0.467 e. The minimum atomic E-state index is -0.321. The summed E-state index contributed by atoms with van der Waals surface area (Å²) in [6.07, 6.45) is 1.84. The van der Waals surface area contributed by atoms with Crippen molar-refractivity contribution in [3.8, 4) is 0 Å². The van der Waals surface area contributed by atoms with Crippen LogP contribution in [0.15, 0.2) is 53.1 Å². The van der Waals surface area contributed by atoms with Gasteiger partial charge in [0.15, 0.2) is 0 Å². The molecule has 6 heteroatoms. The van der Waals surface area contributed by atoms with Gasteiger partial charge >= 0.3 is 0 Å². The van der Waals surface area contributed by atoms with E-state index in [1.807, 2.05) is 36.4 Å². The minimum absolute atomic E-state index is 0.00111. The van der Waals surface area contributed by atoms with Gasteiger partial charge in [-0.2, -0.15) is 0 Å². The first kappa shape index (κ1) is 18.2. The Kier molecular flexibility index (Phi) is 6.07. The second-order valence-electron chi connectivity index (χ2n) is 6.49. The molecule has 0 aliphatic carbocycles. The maximum Gasteiger partial charge on any atom is 0.228 e. The molecule has 26 heavy (non-hydrogen) atoms. The van der Waals surface area contributed by atoms with Crippen LogP contribution in [-0.2, 0) is 27.4 Å². The SMILES string of the molecule is COCCN(Cc1ccccc1)C(=O)C1CC(=O)N(Cc2ccco2)C1. The molecule has 1 aliphatic rings. The van der Waals surface area contributed by atoms with E-state index in [4.69, 9.17) is 9.15 Å². The van der Waals surface area contributed by atoms with Gasteiger partial charge in [0.1, 0.15) is 5.76 Å². The van der Waals surface area contributed by atoms with Crippen LogP contribution in [0.1, 0.15) is 17.7 Å². The fraction of sp³-hybridized carbons (Fsp3) is 0.400. The van der Waals surface area contributed by atoms with Crippen molar-refractivity contribution >= 4 is 11.8 Å². The topological polar surface area (TPSA) is 63.0 Å². The molecule has 0 N–H and O–H groups in total. The van der Waals surface area contributed by atoms with Crippen molar-refractivity contribution in [3.63, 3.8) is 0 Å². The Morgan fingerprint density at radius 3 is 2.77 bits per heavy atom. The molecule has 1 fully saturated rings. The number of nitrogens with zero attached hydrogens (tertiary/aromatic N) is 2. The van der Waals surface area contributed by atoms with Crippen LogP contribution < -0.4 is 0 Å². The molecular weight excluding hydrogens is 332 g/mol. The molecule has 1 aliphatic heterocycles. The molecule has 1 saturated heterocycles. The van der Waals surface area contributed by atoms with Gasteiger partial charge in [-0.05, 0) is 17.7 Å². The van der Waals surface area contributed by atoms with Gasteiger partial charge in [-0.25, -0.2) is 0 Å². The molecule has 1 aromatic carbocycles. The van der Waals surface area contributed by atoms with E-state index in [9.17, 15) is 9.59 Å².